The van der Waals surface area contributed by atoms with Crippen LogP contribution in [0.1, 0.15) is 24.2 Å². The molecule has 0 aromatic heterocycles. The van der Waals surface area contributed by atoms with Crippen molar-refractivity contribution < 1.29 is 14.3 Å². The number of thioether (sulfide) groups is 1. The van der Waals surface area contributed by atoms with Crippen LogP contribution in [0, 0.1) is 5.92 Å². The molecule has 1 fully saturated rings. The van der Waals surface area contributed by atoms with Gasteiger partial charge < -0.3 is 14.5 Å². The summed E-state index contributed by atoms with van der Waals surface area (Å²) in [4.78, 5) is 30.8. The van der Waals surface area contributed by atoms with E-state index in [0.717, 1.165) is 4.90 Å². The zero-order chi connectivity index (χ0) is 20.8. The van der Waals surface area contributed by atoms with Gasteiger partial charge in [-0.2, -0.15) is 0 Å². The number of carbonyl (C=O) groups is 2. The van der Waals surface area contributed by atoms with Crippen molar-refractivity contribution in [2.45, 2.75) is 24.0 Å². The molecule has 29 heavy (non-hydrogen) atoms. The van der Waals surface area contributed by atoms with Gasteiger partial charge in [0.1, 0.15) is 5.75 Å². The lowest BCUT2D eigenvalue weighted by molar-refractivity contribution is -0.132. The average Bonchev–Trinajstić information content (AvgIpc) is 2.77. The number of carbonyl (C=O) groups excluding carboxylic acids is 2. The molecule has 1 atom stereocenters. The Morgan fingerprint density at radius 1 is 0.931 bits per heavy atom. The van der Waals surface area contributed by atoms with Crippen LogP contribution in [0.15, 0.2) is 59.5 Å². The zero-order valence-corrected chi connectivity index (χ0v) is 18.0. The zero-order valence-electron chi connectivity index (χ0n) is 17.2. The van der Waals surface area contributed by atoms with Crippen LogP contribution in [0.5, 0.6) is 5.75 Å². The van der Waals surface area contributed by atoms with Crippen molar-refractivity contribution in [3.05, 3.63) is 60.2 Å². The summed E-state index contributed by atoms with van der Waals surface area (Å²) in [5.41, 5.74) is 0.615. The molecule has 5 nitrogen and oxygen atoms in total. The van der Waals surface area contributed by atoms with E-state index in [9.17, 15) is 9.59 Å². The van der Waals surface area contributed by atoms with Gasteiger partial charge in [-0.3, -0.25) is 9.59 Å². The van der Waals surface area contributed by atoms with E-state index < -0.39 is 0 Å². The third-order valence-electron chi connectivity index (χ3n) is 5.05. The van der Waals surface area contributed by atoms with E-state index in [0.29, 0.717) is 37.5 Å². The molecule has 2 amide bonds. The lowest BCUT2D eigenvalue weighted by atomic mass is 10.1. The third kappa shape index (κ3) is 5.32. The van der Waals surface area contributed by atoms with Crippen molar-refractivity contribution in [3.8, 4) is 5.75 Å². The molecule has 1 saturated heterocycles. The summed E-state index contributed by atoms with van der Waals surface area (Å²) >= 11 is 1.62. The summed E-state index contributed by atoms with van der Waals surface area (Å²) in [6.45, 7) is 6.38. The first-order valence-corrected chi connectivity index (χ1v) is 10.8. The third-order valence-corrected chi connectivity index (χ3v) is 6.59. The Hall–Kier alpha value is -2.47. The molecule has 2 aromatic rings. The molecule has 0 bridgehead atoms. The molecule has 1 heterocycles. The van der Waals surface area contributed by atoms with Crippen molar-refractivity contribution in [2.24, 2.45) is 5.92 Å². The molecule has 6 heteroatoms. The molecule has 154 valence electrons. The predicted octanol–water partition coefficient (Wildman–Crippen LogP) is 3.80. The summed E-state index contributed by atoms with van der Waals surface area (Å²) in [5.74, 6) is 1.03. The highest BCUT2D eigenvalue weighted by atomic mass is 32.2. The van der Waals surface area contributed by atoms with Crippen LogP contribution in [0.2, 0.25) is 0 Å². The number of benzene rings is 2. The normalized spacial score (nSPS) is 15.3. The van der Waals surface area contributed by atoms with E-state index in [1.165, 1.54) is 0 Å². The molecule has 0 spiro atoms. The first kappa shape index (κ1) is 21.2. The number of hydrogen-bond acceptors (Lipinski definition) is 4. The SMILES string of the molecule is COc1cccc(C(=O)N2CCN(C(=O)[C@@H](Sc3ccccc3)C(C)C)CC2)c1. The van der Waals surface area contributed by atoms with E-state index >= 15 is 0 Å². The lowest BCUT2D eigenvalue weighted by Gasteiger charge is -2.37. The highest BCUT2D eigenvalue weighted by molar-refractivity contribution is 8.00. The fraction of sp³-hybridized carbons (Fsp3) is 0.391. The van der Waals surface area contributed by atoms with Crippen LogP contribution < -0.4 is 4.74 Å². The van der Waals surface area contributed by atoms with Crippen LogP contribution in [0.4, 0.5) is 0 Å². The number of nitrogens with zero attached hydrogens (tertiary/aromatic N) is 2. The molecule has 0 saturated carbocycles. The summed E-state index contributed by atoms with van der Waals surface area (Å²) in [6, 6.07) is 17.2. The van der Waals surface area contributed by atoms with Crippen molar-refractivity contribution in [2.75, 3.05) is 33.3 Å². The minimum Gasteiger partial charge on any atom is -0.497 e. The Bertz CT molecular complexity index is 833. The average molecular weight is 413 g/mol. The van der Waals surface area contributed by atoms with Crippen LogP contribution >= 0.6 is 11.8 Å². The first-order valence-electron chi connectivity index (χ1n) is 9.93. The highest BCUT2D eigenvalue weighted by Gasteiger charge is 2.31. The Morgan fingerprint density at radius 2 is 1.59 bits per heavy atom. The van der Waals surface area contributed by atoms with E-state index in [1.54, 1.807) is 31.0 Å². The number of rotatable bonds is 6. The van der Waals surface area contributed by atoms with Gasteiger partial charge in [-0.05, 0) is 36.2 Å². The van der Waals surface area contributed by atoms with Gasteiger partial charge in [0.25, 0.3) is 5.91 Å². The van der Waals surface area contributed by atoms with Crippen molar-refractivity contribution in [3.63, 3.8) is 0 Å². The smallest absolute Gasteiger partial charge is 0.254 e. The molecular formula is C23H28N2O3S. The fourth-order valence-corrected chi connectivity index (χ4v) is 4.50. The van der Waals surface area contributed by atoms with Gasteiger partial charge >= 0.3 is 0 Å². The van der Waals surface area contributed by atoms with Crippen molar-refractivity contribution in [1.82, 2.24) is 9.80 Å². The minimum absolute atomic E-state index is 0.0185. The Kier molecular flexibility index (Phi) is 7.20. The van der Waals surface area contributed by atoms with E-state index in [-0.39, 0.29) is 23.0 Å². The molecule has 3 rings (SSSR count). The van der Waals surface area contributed by atoms with Gasteiger partial charge in [0.15, 0.2) is 0 Å². The molecule has 0 N–H and O–H groups in total. The Balaban J connectivity index is 1.61. The molecule has 0 radical (unpaired) electrons. The molecule has 0 unspecified atom stereocenters. The van der Waals surface area contributed by atoms with Crippen molar-refractivity contribution in [1.29, 1.82) is 0 Å². The second kappa shape index (κ2) is 9.83. The number of piperazine rings is 1. The topological polar surface area (TPSA) is 49.9 Å². The second-order valence-electron chi connectivity index (χ2n) is 7.44. The van der Waals surface area contributed by atoms with Gasteiger partial charge in [0.05, 0.1) is 12.4 Å². The van der Waals surface area contributed by atoms with Gasteiger partial charge in [-0.1, -0.05) is 38.1 Å². The first-order chi connectivity index (χ1) is 14.0. The van der Waals surface area contributed by atoms with Gasteiger partial charge in [0, 0.05) is 36.6 Å². The van der Waals surface area contributed by atoms with Gasteiger partial charge in [-0.25, -0.2) is 0 Å². The molecule has 1 aliphatic heterocycles. The number of amides is 2. The standard InChI is InChI=1S/C23H28N2O3S/c1-17(2)21(29-20-10-5-4-6-11-20)23(27)25-14-12-24(13-15-25)22(26)18-8-7-9-19(16-18)28-3/h4-11,16-17,21H,12-15H2,1-3H3/t21-/m0/s1. The summed E-state index contributed by atoms with van der Waals surface area (Å²) in [5, 5.41) is -0.127. The number of methoxy groups -OCH3 is 1. The maximum atomic E-state index is 13.2. The Morgan fingerprint density at radius 3 is 2.21 bits per heavy atom. The van der Waals surface area contributed by atoms with Crippen molar-refractivity contribution >= 4 is 23.6 Å². The van der Waals surface area contributed by atoms with Gasteiger partial charge in [-0.15, -0.1) is 11.8 Å². The molecule has 2 aromatic carbocycles. The quantitative estimate of drug-likeness (QED) is 0.678. The molecular weight excluding hydrogens is 384 g/mol. The monoisotopic (exact) mass is 412 g/mol. The van der Waals surface area contributed by atoms with E-state index in [2.05, 4.69) is 13.8 Å². The largest absolute Gasteiger partial charge is 0.497 e. The Labute approximate surface area is 177 Å². The number of hydrogen-bond donors (Lipinski definition) is 0. The molecule has 0 aliphatic carbocycles. The number of ether oxygens (including phenoxy) is 1. The van der Waals surface area contributed by atoms with Gasteiger partial charge in [0.2, 0.25) is 5.91 Å². The maximum absolute atomic E-state index is 13.2. The second-order valence-corrected chi connectivity index (χ2v) is 8.66. The lowest BCUT2D eigenvalue weighted by Crippen LogP contribution is -2.53. The van der Waals surface area contributed by atoms with Crippen LogP contribution in [0.3, 0.4) is 0 Å². The summed E-state index contributed by atoms with van der Waals surface area (Å²) < 4.78 is 5.21. The van der Waals surface area contributed by atoms with E-state index in [1.807, 2.05) is 52.3 Å². The fourth-order valence-electron chi connectivity index (χ4n) is 3.37. The van der Waals surface area contributed by atoms with Crippen LogP contribution in [-0.2, 0) is 4.79 Å². The minimum atomic E-state index is -0.127. The van der Waals surface area contributed by atoms with E-state index in [4.69, 9.17) is 4.74 Å². The maximum Gasteiger partial charge on any atom is 0.254 e. The summed E-state index contributed by atoms with van der Waals surface area (Å²) in [6.07, 6.45) is 0. The highest BCUT2D eigenvalue weighted by Crippen LogP contribution is 2.30. The predicted molar refractivity (Wildman–Crippen MR) is 116 cm³/mol. The molecule has 1 aliphatic rings. The van der Waals surface area contributed by atoms with Crippen LogP contribution in [0.25, 0.3) is 0 Å². The van der Waals surface area contributed by atoms with Crippen LogP contribution in [-0.4, -0.2) is 60.2 Å². The summed E-state index contributed by atoms with van der Waals surface area (Å²) in [7, 11) is 1.59.